The van der Waals surface area contributed by atoms with Crippen LogP contribution in [0.5, 0.6) is 0 Å². The van der Waals surface area contributed by atoms with Gasteiger partial charge >= 0.3 is 0 Å². The largest absolute Gasteiger partial charge is 0.323 e. The van der Waals surface area contributed by atoms with Gasteiger partial charge in [0.05, 0.1) is 11.4 Å². The number of nitrogens with one attached hydrogen (secondary N) is 1. The fraction of sp³-hybridized carbons (Fsp3) is 0.0870. The van der Waals surface area contributed by atoms with Gasteiger partial charge in [0, 0.05) is 17.8 Å². The van der Waals surface area contributed by atoms with Gasteiger partial charge in [0.1, 0.15) is 5.82 Å². The number of rotatable bonds is 7. The molecule has 0 radical (unpaired) electrons. The normalized spacial score (nSPS) is 10.8. The Balaban J connectivity index is 1.74. The number of hydrogen-bond acceptors (Lipinski definition) is 3. The van der Waals surface area contributed by atoms with Crippen LogP contribution >= 0.6 is 0 Å². The van der Waals surface area contributed by atoms with Crippen LogP contribution in [-0.4, -0.2) is 25.8 Å². The van der Waals surface area contributed by atoms with Crippen molar-refractivity contribution in [1.29, 1.82) is 0 Å². The van der Waals surface area contributed by atoms with E-state index in [1.807, 2.05) is 0 Å². The summed E-state index contributed by atoms with van der Waals surface area (Å²) in [6.45, 7) is 0.310. The summed E-state index contributed by atoms with van der Waals surface area (Å²) in [5.74, 6) is 1.78. The van der Waals surface area contributed by atoms with Crippen molar-refractivity contribution in [2.45, 2.75) is 11.4 Å². The molecule has 0 aliphatic heterocycles. The number of sulfonamides is 1. The number of anilines is 1. The van der Waals surface area contributed by atoms with E-state index in [4.69, 9.17) is 6.42 Å². The highest BCUT2D eigenvalue weighted by Gasteiger charge is 2.17. The van der Waals surface area contributed by atoms with Crippen molar-refractivity contribution in [3.63, 3.8) is 0 Å². The molecule has 152 valence electrons. The topological polar surface area (TPSA) is 66.5 Å². The fourth-order valence-electron chi connectivity index (χ4n) is 2.80. The maximum atomic E-state index is 13.1. The second-order valence-corrected chi connectivity index (χ2v) is 8.17. The summed E-state index contributed by atoms with van der Waals surface area (Å²) in [4.78, 5) is 14.4. The molecule has 0 bridgehead atoms. The quantitative estimate of drug-likeness (QED) is 0.587. The molecule has 1 N–H and O–H groups in total. The van der Waals surface area contributed by atoms with Crippen molar-refractivity contribution in [2.75, 3.05) is 11.3 Å². The first-order valence-electron chi connectivity index (χ1n) is 9.04. The molecule has 0 aliphatic rings. The highest BCUT2D eigenvalue weighted by Crippen LogP contribution is 2.18. The predicted octanol–water partition coefficient (Wildman–Crippen LogP) is 3.90. The number of nitrogens with zero attached hydrogens (tertiary/aromatic N) is 1. The lowest BCUT2D eigenvalue weighted by Gasteiger charge is -2.20. The van der Waals surface area contributed by atoms with Crippen LogP contribution in [0.4, 0.5) is 10.1 Å². The van der Waals surface area contributed by atoms with Crippen LogP contribution in [-0.2, 0) is 16.6 Å². The maximum absolute atomic E-state index is 13.1. The first-order chi connectivity index (χ1) is 14.4. The lowest BCUT2D eigenvalue weighted by molar-refractivity contribution is 0.0766. The Morgan fingerprint density at radius 2 is 1.60 bits per heavy atom. The predicted molar refractivity (Wildman–Crippen MR) is 114 cm³/mol. The molecule has 3 aromatic carbocycles. The molecule has 0 aliphatic carbocycles. The third kappa shape index (κ3) is 5.25. The summed E-state index contributed by atoms with van der Waals surface area (Å²) >= 11 is 0. The van der Waals surface area contributed by atoms with Crippen molar-refractivity contribution >= 4 is 21.6 Å². The molecule has 0 saturated heterocycles. The number of amides is 1. The Morgan fingerprint density at radius 1 is 0.967 bits per heavy atom. The van der Waals surface area contributed by atoms with Gasteiger partial charge in [-0.05, 0) is 54.1 Å². The van der Waals surface area contributed by atoms with Gasteiger partial charge in [-0.1, -0.05) is 36.3 Å². The van der Waals surface area contributed by atoms with Gasteiger partial charge in [-0.15, -0.1) is 6.42 Å². The summed E-state index contributed by atoms with van der Waals surface area (Å²) in [6, 6.07) is 19.9. The minimum absolute atomic E-state index is 0.0819. The summed E-state index contributed by atoms with van der Waals surface area (Å²) < 4.78 is 40.4. The zero-order valence-electron chi connectivity index (χ0n) is 16.0. The number of hydrogen-bond donors (Lipinski definition) is 1. The average Bonchev–Trinajstić information content (AvgIpc) is 2.75. The molecular formula is C23H19FN2O3S. The second-order valence-electron chi connectivity index (χ2n) is 6.49. The summed E-state index contributed by atoms with van der Waals surface area (Å²) in [7, 11) is -3.72. The van der Waals surface area contributed by atoms with Crippen LogP contribution in [0.1, 0.15) is 15.9 Å². The zero-order chi connectivity index (χ0) is 21.6. The SMILES string of the molecule is C#CCN(Cc1ccc(F)cc1)C(=O)c1ccc(NS(=O)(=O)c2ccccc2)cc1. The van der Waals surface area contributed by atoms with E-state index in [1.165, 1.54) is 53.4 Å². The van der Waals surface area contributed by atoms with Crippen molar-refractivity contribution < 1.29 is 17.6 Å². The molecule has 3 aromatic rings. The van der Waals surface area contributed by atoms with Crippen LogP contribution in [0, 0.1) is 18.2 Å². The third-order valence-corrected chi connectivity index (χ3v) is 5.69. The summed E-state index contributed by atoms with van der Waals surface area (Å²) in [5.41, 5.74) is 1.43. The molecule has 7 heteroatoms. The van der Waals surface area contributed by atoms with Gasteiger partial charge in [0.2, 0.25) is 0 Å². The Kier molecular flexibility index (Phi) is 6.50. The molecule has 5 nitrogen and oxygen atoms in total. The Morgan fingerprint density at radius 3 is 2.20 bits per heavy atom. The van der Waals surface area contributed by atoms with Gasteiger partial charge in [-0.25, -0.2) is 12.8 Å². The molecule has 0 spiro atoms. The van der Waals surface area contributed by atoms with Crippen LogP contribution in [0.3, 0.4) is 0 Å². The van der Waals surface area contributed by atoms with E-state index in [0.29, 0.717) is 11.3 Å². The first-order valence-corrected chi connectivity index (χ1v) is 10.5. The van der Waals surface area contributed by atoms with E-state index in [1.54, 1.807) is 30.3 Å². The molecule has 0 unspecified atom stereocenters. The molecule has 3 rings (SSSR count). The lowest BCUT2D eigenvalue weighted by atomic mass is 10.1. The molecular weight excluding hydrogens is 403 g/mol. The highest BCUT2D eigenvalue weighted by atomic mass is 32.2. The van der Waals surface area contributed by atoms with Gasteiger partial charge in [0.15, 0.2) is 0 Å². The minimum atomic E-state index is -3.72. The monoisotopic (exact) mass is 422 g/mol. The Hall–Kier alpha value is -3.63. The van der Waals surface area contributed by atoms with E-state index >= 15 is 0 Å². The van der Waals surface area contributed by atoms with Crippen molar-refractivity contribution in [2.24, 2.45) is 0 Å². The summed E-state index contributed by atoms with van der Waals surface area (Å²) in [5, 5.41) is 0. The van der Waals surface area contributed by atoms with Crippen molar-refractivity contribution in [3.8, 4) is 12.3 Å². The standard InChI is InChI=1S/C23H19FN2O3S/c1-2-16-26(17-18-8-12-20(24)13-9-18)23(27)19-10-14-21(15-11-19)25-30(28,29)22-6-4-3-5-7-22/h1,3-15,25H,16-17H2. The van der Waals surface area contributed by atoms with Gasteiger partial charge in [0.25, 0.3) is 15.9 Å². The first kappa shape index (κ1) is 21.1. The van der Waals surface area contributed by atoms with Crippen LogP contribution < -0.4 is 4.72 Å². The van der Waals surface area contributed by atoms with Crippen LogP contribution in [0.2, 0.25) is 0 Å². The zero-order valence-corrected chi connectivity index (χ0v) is 16.8. The molecule has 0 aromatic heterocycles. The average molecular weight is 422 g/mol. The van der Waals surface area contributed by atoms with Gasteiger partial charge in [-0.2, -0.15) is 0 Å². The van der Waals surface area contributed by atoms with Gasteiger partial charge in [-0.3, -0.25) is 9.52 Å². The third-order valence-electron chi connectivity index (χ3n) is 4.29. The lowest BCUT2D eigenvalue weighted by Crippen LogP contribution is -2.31. The van der Waals surface area contributed by atoms with Crippen molar-refractivity contribution in [1.82, 2.24) is 4.90 Å². The number of benzene rings is 3. The highest BCUT2D eigenvalue weighted by molar-refractivity contribution is 7.92. The van der Waals surface area contributed by atoms with Crippen LogP contribution in [0.25, 0.3) is 0 Å². The van der Waals surface area contributed by atoms with E-state index in [2.05, 4.69) is 10.6 Å². The second kappa shape index (κ2) is 9.25. The summed E-state index contributed by atoms with van der Waals surface area (Å²) in [6.07, 6.45) is 5.39. The van der Waals surface area contributed by atoms with Gasteiger partial charge < -0.3 is 4.90 Å². The fourth-order valence-corrected chi connectivity index (χ4v) is 3.88. The van der Waals surface area contributed by atoms with E-state index in [-0.39, 0.29) is 29.7 Å². The molecule has 0 fully saturated rings. The number of carbonyl (C=O) groups is 1. The van der Waals surface area contributed by atoms with E-state index in [9.17, 15) is 17.6 Å². The molecule has 0 saturated carbocycles. The van der Waals surface area contributed by atoms with Crippen LogP contribution in [0.15, 0.2) is 83.8 Å². The smallest absolute Gasteiger partial charge is 0.261 e. The molecule has 1 amide bonds. The molecule has 0 heterocycles. The van der Waals surface area contributed by atoms with E-state index < -0.39 is 10.0 Å². The molecule has 30 heavy (non-hydrogen) atoms. The maximum Gasteiger partial charge on any atom is 0.261 e. The Bertz CT molecular complexity index is 1150. The number of carbonyl (C=O) groups excluding carboxylic acids is 1. The van der Waals surface area contributed by atoms with Crippen molar-refractivity contribution in [3.05, 3.63) is 95.8 Å². The molecule has 0 atom stereocenters. The number of terminal acetylenes is 1. The number of halogens is 1. The van der Waals surface area contributed by atoms with E-state index in [0.717, 1.165) is 5.56 Å². The Labute approximate surface area is 175 Å². The minimum Gasteiger partial charge on any atom is -0.323 e.